The molecule has 2 heterocycles. The van der Waals surface area contributed by atoms with Crippen molar-refractivity contribution in [1.82, 2.24) is 10.3 Å². The van der Waals surface area contributed by atoms with Gasteiger partial charge in [-0.2, -0.15) is 0 Å². The smallest absolute Gasteiger partial charge is 0.131 e. The summed E-state index contributed by atoms with van der Waals surface area (Å²) in [5, 5.41) is 12.8. The lowest BCUT2D eigenvalue weighted by Gasteiger charge is -2.36. The summed E-state index contributed by atoms with van der Waals surface area (Å²) >= 11 is 0. The van der Waals surface area contributed by atoms with E-state index in [0.717, 1.165) is 5.69 Å². The first-order chi connectivity index (χ1) is 5.31. The topological polar surface area (TPSA) is 45.2 Å². The molecule has 1 aromatic rings. The van der Waals surface area contributed by atoms with Crippen molar-refractivity contribution in [3.8, 4) is 0 Å². The number of aromatic nitrogens is 1. The zero-order valence-corrected chi connectivity index (χ0v) is 6.12. The molecule has 0 amide bonds. The molecule has 0 atom stereocenters. The molecule has 1 aliphatic heterocycles. The molecule has 1 aromatic heterocycles. The summed E-state index contributed by atoms with van der Waals surface area (Å²) in [7, 11) is 0. The van der Waals surface area contributed by atoms with Gasteiger partial charge in [0.25, 0.3) is 0 Å². The first-order valence-corrected chi connectivity index (χ1v) is 3.66. The minimum Gasteiger partial charge on any atom is -0.381 e. The van der Waals surface area contributed by atoms with Crippen LogP contribution in [0.5, 0.6) is 0 Å². The molecular formula is C8H10N2O. The average molecular weight is 150 g/mol. The molecule has 1 aliphatic rings. The van der Waals surface area contributed by atoms with Crippen molar-refractivity contribution in [3.63, 3.8) is 0 Å². The molecule has 0 saturated carbocycles. The molecule has 0 aliphatic carbocycles. The highest BCUT2D eigenvalue weighted by molar-refractivity contribution is 5.17. The Bertz CT molecular complexity index is 244. The largest absolute Gasteiger partial charge is 0.381 e. The molecule has 0 aromatic carbocycles. The molecule has 1 saturated heterocycles. The van der Waals surface area contributed by atoms with E-state index in [2.05, 4.69) is 10.3 Å². The van der Waals surface area contributed by atoms with Crippen LogP contribution >= 0.6 is 0 Å². The fourth-order valence-electron chi connectivity index (χ4n) is 1.18. The molecule has 1 fully saturated rings. The quantitative estimate of drug-likeness (QED) is 0.586. The Kier molecular flexibility index (Phi) is 1.41. The summed E-state index contributed by atoms with van der Waals surface area (Å²) in [6.07, 6.45) is 1.70. The fourth-order valence-corrected chi connectivity index (χ4v) is 1.18. The van der Waals surface area contributed by atoms with E-state index in [-0.39, 0.29) is 0 Å². The van der Waals surface area contributed by atoms with Gasteiger partial charge < -0.3 is 10.4 Å². The summed E-state index contributed by atoms with van der Waals surface area (Å²) in [4.78, 5) is 4.08. The van der Waals surface area contributed by atoms with E-state index in [1.165, 1.54) is 0 Å². The third kappa shape index (κ3) is 1.02. The lowest BCUT2D eigenvalue weighted by molar-refractivity contribution is -0.0185. The minimum atomic E-state index is -0.707. The Hall–Kier alpha value is -0.930. The molecule has 58 valence electrons. The van der Waals surface area contributed by atoms with Crippen LogP contribution in [-0.2, 0) is 5.60 Å². The lowest BCUT2D eigenvalue weighted by Crippen LogP contribution is -2.57. The van der Waals surface area contributed by atoms with Crippen LogP contribution in [0.2, 0.25) is 0 Å². The highest BCUT2D eigenvalue weighted by atomic mass is 16.3. The number of nitrogens with one attached hydrogen (secondary N) is 1. The lowest BCUT2D eigenvalue weighted by atomic mass is 9.93. The van der Waals surface area contributed by atoms with Gasteiger partial charge in [-0.3, -0.25) is 4.98 Å². The van der Waals surface area contributed by atoms with Crippen LogP contribution in [-0.4, -0.2) is 23.2 Å². The van der Waals surface area contributed by atoms with Gasteiger partial charge in [0.05, 0.1) is 5.69 Å². The Morgan fingerprint density at radius 1 is 1.45 bits per heavy atom. The Labute approximate surface area is 65.1 Å². The van der Waals surface area contributed by atoms with E-state index in [4.69, 9.17) is 0 Å². The maximum Gasteiger partial charge on any atom is 0.131 e. The van der Waals surface area contributed by atoms with Gasteiger partial charge in [-0.25, -0.2) is 0 Å². The molecule has 11 heavy (non-hydrogen) atoms. The number of aliphatic hydroxyl groups is 1. The van der Waals surface area contributed by atoms with Gasteiger partial charge >= 0.3 is 0 Å². The molecule has 2 N–H and O–H groups in total. The molecule has 2 rings (SSSR count). The molecule has 3 nitrogen and oxygen atoms in total. The Morgan fingerprint density at radius 2 is 2.27 bits per heavy atom. The van der Waals surface area contributed by atoms with Crippen LogP contribution in [0.4, 0.5) is 0 Å². The van der Waals surface area contributed by atoms with Crippen molar-refractivity contribution < 1.29 is 5.11 Å². The van der Waals surface area contributed by atoms with Crippen molar-refractivity contribution in [2.24, 2.45) is 0 Å². The zero-order chi connectivity index (χ0) is 7.73. The highest BCUT2D eigenvalue weighted by Crippen LogP contribution is 2.22. The first kappa shape index (κ1) is 6.76. The maximum atomic E-state index is 9.76. The first-order valence-electron chi connectivity index (χ1n) is 3.66. The van der Waals surface area contributed by atoms with E-state index in [1.807, 2.05) is 18.2 Å². The van der Waals surface area contributed by atoms with E-state index in [1.54, 1.807) is 6.20 Å². The standard InChI is InChI=1S/C8H10N2O/c11-8(5-9-6-8)7-3-1-2-4-10-7/h1-4,9,11H,5-6H2. The molecule has 0 bridgehead atoms. The normalized spacial score (nSPS) is 20.8. The minimum absolute atomic E-state index is 0.615. The second kappa shape index (κ2) is 2.29. The van der Waals surface area contributed by atoms with Crippen LogP contribution in [0.1, 0.15) is 5.69 Å². The summed E-state index contributed by atoms with van der Waals surface area (Å²) in [6.45, 7) is 1.23. The summed E-state index contributed by atoms with van der Waals surface area (Å²) in [5.74, 6) is 0. The molecule has 3 heteroatoms. The predicted molar refractivity (Wildman–Crippen MR) is 41.0 cm³/mol. The Balaban J connectivity index is 2.29. The highest BCUT2D eigenvalue weighted by Gasteiger charge is 2.37. The van der Waals surface area contributed by atoms with Gasteiger partial charge in [-0.1, -0.05) is 6.07 Å². The van der Waals surface area contributed by atoms with E-state index >= 15 is 0 Å². The number of nitrogens with zero attached hydrogens (tertiary/aromatic N) is 1. The van der Waals surface area contributed by atoms with Crippen LogP contribution in [0.3, 0.4) is 0 Å². The van der Waals surface area contributed by atoms with Crippen LogP contribution in [0.25, 0.3) is 0 Å². The van der Waals surface area contributed by atoms with Gasteiger partial charge in [0.15, 0.2) is 0 Å². The Morgan fingerprint density at radius 3 is 2.73 bits per heavy atom. The second-order valence-corrected chi connectivity index (χ2v) is 2.85. The van der Waals surface area contributed by atoms with Crippen molar-refractivity contribution in [2.45, 2.75) is 5.60 Å². The fraction of sp³-hybridized carbons (Fsp3) is 0.375. The van der Waals surface area contributed by atoms with Crippen LogP contribution < -0.4 is 5.32 Å². The second-order valence-electron chi connectivity index (χ2n) is 2.85. The summed E-state index contributed by atoms with van der Waals surface area (Å²) in [5.41, 5.74) is 0.0556. The monoisotopic (exact) mass is 150 g/mol. The predicted octanol–water partition coefficient (Wildman–Crippen LogP) is -0.128. The van der Waals surface area contributed by atoms with Gasteiger partial charge in [-0.15, -0.1) is 0 Å². The van der Waals surface area contributed by atoms with Gasteiger partial charge in [0.1, 0.15) is 5.60 Å². The van der Waals surface area contributed by atoms with Crippen molar-refractivity contribution in [1.29, 1.82) is 0 Å². The third-order valence-corrected chi connectivity index (χ3v) is 1.98. The SMILES string of the molecule is OC1(c2ccccn2)CNC1. The maximum absolute atomic E-state index is 9.76. The molecular weight excluding hydrogens is 140 g/mol. The van der Waals surface area contributed by atoms with Gasteiger partial charge in [0, 0.05) is 19.3 Å². The van der Waals surface area contributed by atoms with Gasteiger partial charge in [0.2, 0.25) is 0 Å². The number of hydrogen-bond donors (Lipinski definition) is 2. The van der Waals surface area contributed by atoms with Crippen molar-refractivity contribution in [3.05, 3.63) is 30.1 Å². The number of β-amino-alcohol motifs (C(OH)–C–C–N with tert-alkyl or cyclic N) is 1. The van der Waals surface area contributed by atoms with Crippen molar-refractivity contribution >= 4 is 0 Å². The molecule has 0 unspecified atom stereocenters. The summed E-state index contributed by atoms with van der Waals surface area (Å²) < 4.78 is 0. The summed E-state index contributed by atoms with van der Waals surface area (Å²) in [6, 6.07) is 5.58. The van der Waals surface area contributed by atoms with E-state index < -0.39 is 5.60 Å². The van der Waals surface area contributed by atoms with Crippen molar-refractivity contribution in [2.75, 3.05) is 13.1 Å². The third-order valence-electron chi connectivity index (χ3n) is 1.98. The number of hydrogen-bond acceptors (Lipinski definition) is 3. The zero-order valence-electron chi connectivity index (χ0n) is 6.12. The van der Waals surface area contributed by atoms with Crippen LogP contribution in [0, 0.1) is 0 Å². The van der Waals surface area contributed by atoms with E-state index in [0.29, 0.717) is 13.1 Å². The molecule has 0 radical (unpaired) electrons. The van der Waals surface area contributed by atoms with Crippen LogP contribution in [0.15, 0.2) is 24.4 Å². The molecule has 0 spiro atoms. The van der Waals surface area contributed by atoms with E-state index in [9.17, 15) is 5.11 Å². The number of rotatable bonds is 1. The van der Waals surface area contributed by atoms with Gasteiger partial charge in [-0.05, 0) is 12.1 Å². The average Bonchev–Trinajstić information content (AvgIpc) is 2.02. The number of pyridine rings is 1.